The smallest absolute Gasteiger partial charge is 0.0973 e. The van der Waals surface area contributed by atoms with E-state index in [2.05, 4.69) is 165 Å². The number of aliphatic imine (C=N–C) groups is 1. The summed E-state index contributed by atoms with van der Waals surface area (Å²) >= 11 is 0. The maximum atomic E-state index is 5.46. The van der Waals surface area contributed by atoms with E-state index in [1.165, 1.54) is 5.57 Å². The van der Waals surface area contributed by atoms with Crippen LogP contribution in [0.5, 0.6) is 0 Å². The zero-order chi connectivity index (χ0) is 36.0. The molecular formula is C50H41N3. The van der Waals surface area contributed by atoms with Gasteiger partial charge < -0.3 is 0 Å². The minimum absolute atomic E-state index is 0.0936. The van der Waals surface area contributed by atoms with Crippen molar-refractivity contribution in [3.8, 4) is 56.2 Å². The molecule has 3 nitrogen and oxygen atoms in total. The standard InChI is InChI=1S/C50H41N3/c1-35(45-31-15-16-32-46(45)51-36(2)37-19-7-3-8-20-37)41-27-17-28-42(33-41)43-29-18-30-44(34-43)50-49(40-25-13-6-14-26-40)52-47(38-21-9-4-10-22-38)48(53-50)39-23-11-5-12-24-39/h3-14,17-31,33-34,46H,1,15-16,32H2,2H3/b51-36+. The van der Waals surface area contributed by atoms with Crippen molar-refractivity contribution in [3.05, 3.63) is 199 Å². The maximum absolute atomic E-state index is 5.46. The van der Waals surface area contributed by atoms with E-state index in [4.69, 9.17) is 15.0 Å². The minimum atomic E-state index is 0.0936. The molecule has 256 valence electrons. The van der Waals surface area contributed by atoms with Crippen molar-refractivity contribution in [1.29, 1.82) is 0 Å². The Balaban J connectivity index is 1.19. The molecule has 7 aromatic rings. The van der Waals surface area contributed by atoms with Gasteiger partial charge in [0.15, 0.2) is 0 Å². The van der Waals surface area contributed by atoms with Crippen molar-refractivity contribution in [3.63, 3.8) is 0 Å². The first-order valence-electron chi connectivity index (χ1n) is 18.4. The van der Waals surface area contributed by atoms with Gasteiger partial charge in [-0.2, -0.15) is 0 Å². The third-order valence-corrected chi connectivity index (χ3v) is 10.0. The van der Waals surface area contributed by atoms with Crippen LogP contribution in [0.1, 0.15) is 37.3 Å². The van der Waals surface area contributed by atoms with Crippen LogP contribution in [0.4, 0.5) is 0 Å². The third-order valence-electron chi connectivity index (χ3n) is 10.0. The Bertz CT molecular complexity index is 2430. The average molecular weight is 684 g/mol. The fraction of sp³-hybridized carbons (Fsp3) is 0.100. The summed E-state index contributed by atoms with van der Waals surface area (Å²) in [5, 5.41) is 0. The molecule has 1 atom stereocenters. The molecule has 0 spiro atoms. The molecule has 0 saturated heterocycles. The van der Waals surface area contributed by atoms with E-state index in [0.717, 1.165) is 97.8 Å². The van der Waals surface area contributed by atoms with E-state index in [1.807, 2.05) is 24.3 Å². The van der Waals surface area contributed by atoms with Crippen LogP contribution in [-0.4, -0.2) is 21.7 Å². The third kappa shape index (κ3) is 7.33. The lowest BCUT2D eigenvalue weighted by atomic mass is 9.86. The van der Waals surface area contributed by atoms with Crippen molar-refractivity contribution >= 4 is 11.3 Å². The molecule has 1 aromatic heterocycles. The molecule has 8 rings (SSSR count). The molecule has 3 heteroatoms. The summed E-state index contributed by atoms with van der Waals surface area (Å²) in [5.41, 5.74) is 15.4. The first-order chi connectivity index (χ1) is 26.1. The van der Waals surface area contributed by atoms with Crippen molar-refractivity contribution in [2.75, 3.05) is 0 Å². The van der Waals surface area contributed by atoms with Crippen LogP contribution >= 0.6 is 0 Å². The van der Waals surface area contributed by atoms with Crippen molar-refractivity contribution in [1.82, 2.24) is 9.97 Å². The highest BCUT2D eigenvalue weighted by Gasteiger charge is 2.22. The summed E-state index contributed by atoms with van der Waals surface area (Å²) < 4.78 is 0. The Hall–Kier alpha value is -6.45. The largest absolute Gasteiger partial charge is 0.281 e. The second-order valence-electron chi connectivity index (χ2n) is 13.5. The van der Waals surface area contributed by atoms with Crippen LogP contribution < -0.4 is 0 Å². The highest BCUT2D eigenvalue weighted by atomic mass is 14.9. The molecule has 0 aliphatic heterocycles. The number of benzene rings is 6. The van der Waals surface area contributed by atoms with Crippen LogP contribution in [-0.2, 0) is 0 Å². The Morgan fingerprint density at radius 3 is 1.51 bits per heavy atom. The lowest BCUT2D eigenvalue weighted by Crippen LogP contribution is -2.16. The normalized spacial score (nSPS) is 14.4. The monoisotopic (exact) mass is 683 g/mol. The molecule has 0 saturated carbocycles. The molecule has 53 heavy (non-hydrogen) atoms. The number of hydrogen-bond donors (Lipinski definition) is 0. The van der Waals surface area contributed by atoms with Crippen LogP contribution in [0.3, 0.4) is 0 Å². The van der Waals surface area contributed by atoms with Crippen LogP contribution in [0.15, 0.2) is 193 Å². The second-order valence-corrected chi connectivity index (χ2v) is 13.5. The quantitative estimate of drug-likeness (QED) is 0.142. The molecule has 1 aliphatic rings. The lowest BCUT2D eigenvalue weighted by molar-refractivity contribution is 0.630. The van der Waals surface area contributed by atoms with Gasteiger partial charge in [-0.25, -0.2) is 9.97 Å². The molecule has 0 N–H and O–H groups in total. The van der Waals surface area contributed by atoms with Crippen LogP contribution in [0.2, 0.25) is 0 Å². The number of hydrogen-bond acceptors (Lipinski definition) is 3. The number of nitrogens with zero attached hydrogens (tertiary/aromatic N) is 3. The van der Waals surface area contributed by atoms with Gasteiger partial charge in [0.2, 0.25) is 0 Å². The SMILES string of the molecule is C=C(C1=CCCCC1/N=C(\C)c1ccccc1)c1cccc(-c2cccc(-c3nc(-c4ccccc4)c(-c4ccccc4)nc3-c3ccccc3)c2)c1. The molecule has 1 unspecified atom stereocenters. The Kier molecular flexibility index (Phi) is 9.80. The van der Waals surface area contributed by atoms with E-state index in [-0.39, 0.29) is 6.04 Å². The lowest BCUT2D eigenvalue weighted by Gasteiger charge is -2.24. The molecule has 6 aromatic carbocycles. The Morgan fingerprint density at radius 2 is 0.943 bits per heavy atom. The molecule has 0 radical (unpaired) electrons. The van der Waals surface area contributed by atoms with Gasteiger partial charge >= 0.3 is 0 Å². The first-order valence-corrected chi connectivity index (χ1v) is 18.4. The van der Waals surface area contributed by atoms with Gasteiger partial charge in [0, 0.05) is 28.0 Å². The average Bonchev–Trinajstić information content (AvgIpc) is 3.24. The van der Waals surface area contributed by atoms with E-state index in [0.29, 0.717) is 0 Å². The Labute approximate surface area is 312 Å². The predicted molar refractivity (Wildman–Crippen MR) is 223 cm³/mol. The van der Waals surface area contributed by atoms with Gasteiger partial charge in [-0.05, 0) is 71.7 Å². The highest BCUT2D eigenvalue weighted by Crippen LogP contribution is 2.39. The van der Waals surface area contributed by atoms with Gasteiger partial charge in [-0.1, -0.05) is 170 Å². The molecule has 0 bridgehead atoms. The molecule has 0 amide bonds. The number of aromatic nitrogens is 2. The van der Waals surface area contributed by atoms with Crippen LogP contribution in [0, 0.1) is 0 Å². The first kappa shape index (κ1) is 33.7. The van der Waals surface area contributed by atoms with E-state index < -0.39 is 0 Å². The number of allylic oxidation sites excluding steroid dienone is 1. The van der Waals surface area contributed by atoms with Gasteiger partial charge in [-0.3, -0.25) is 4.99 Å². The number of rotatable bonds is 9. The topological polar surface area (TPSA) is 38.1 Å². The van der Waals surface area contributed by atoms with Crippen molar-refractivity contribution in [2.24, 2.45) is 4.99 Å². The van der Waals surface area contributed by atoms with E-state index in [1.54, 1.807) is 0 Å². The highest BCUT2D eigenvalue weighted by molar-refractivity contribution is 5.99. The molecule has 1 aliphatic carbocycles. The summed E-state index contributed by atoms with van der Waals surface area (Å²) in [4.78, 5) is 16.1. The summed E-state index contributed by atoms with van der Waals surface area (Å²) in [6.07, 6.45) is 5.55. The van der Waals surface area contributed by atoms with Crippen molar-refractivity contribution < 1.29 is 0 Å². The van der Waals surface area contributed by atoms with E-state index >= 15 is 0 Å². The zero-order valence-corrected chi connectivity index (χ0v) is 30.0. The predicted octanol–water partition coefficient (Wildman–Crippen LogP) is 12.8. The summed E-state index contributed by atoms with van der Waals surface area (Å²) in [6.45, 7) is 6.75. The van der Waals surface area contributed by atoms with Gasteiger partial charge in [0.1, 0.15) is 0 Å². The molecule has 1 heterocycles. The molecule has 0 fully saturated rings. The summed E-state index contributed by atoms with van der Waals surface area (Å²) in [6, 6.07) is 59.1. The van der Waals surface area contributed by atoms with Gasteiger partial charge in [-0.15, -0.1) is 0 Å². The Morgan fingerprint density at radius 1 is 0.509 bits per heavy atom. The van der Waals surface area contributed by atoms with Crippen molar-refractivity contribution in [2.45, 2.75) is 32.2 Å². The fourth-order valence-electron chi connectivity index (χ4n) is 7.23. The second kappa shape index (κ2) is 15.4. The summed E-state index contributed by atoms with van der Waals surface area (Å²) in [7, 11) is 0. The zero-order valence-electron chi connectivity index (χ0n) is 30.0. The fourth-order valence-corrected chi connectivity index (χ4v) is 7.23. The summed E-state index contributed by atoms with van der Waals surface area (Å²) in [5.74, 6) is 0. The maximum Gasteiger partial charge on any atom is 0.0973 e. The minimum Gasteiger partial charge on any atom is -0.281 e. The van der Waals surface area contributed by atoms with Crippen LogP contribution in [0.25, 0.3) is 61.7 Å². The van der Waals surface area contributed by atoms with E-state index in [9.17, 15) is 0 Å². The van der Waals surface area contributed by atoms with Gasteiger partial charge in [0.05, 0.1) is 28.8 Å². The molecular weight excluding hydrogens is 643 g/mol. The van der Waals surface area contributed by atoms with Gasteiger partial charge in [0.25, 0.3) is 0 Å².